The van der Waals surface area contributed by atoms with Gasteiger partial charge in [-0.3, -0.25) is 0 Å². The summed E-state index contributed by atoms with van der Waals surface area (Å²) < 4.78 is 72.8. The number of carbonyl (C=O) groups is 1. The van der Waals surface area contributed by atoms with Gasteiger partial charge in [0.15, 0.2) is 15.7 Å². The molecule has 0 bridgehead atoms. The van der Waals surface area contributed by atoms with Gasteiger partial charge in [-0.1, -0.05) is 12.1 Å². The molecule has 2 N–H and O–H groups in total. The number of halogens is 3. The van der Waals surface area contributed by atoms with Crippen molar-refractivity contribution in [3.8, 4) is 11.4 Å². The first-order valence-corrected chi connectivity index (χ1v) is 14.0. The number of alkyl halides is 3. The molecule has 13 heteroatoms. The quantitative estimate of drug-likeness (QED) is 0.431. The van der Waals surface area contributed by atoms with Crippen LogP contribution in [0.1, 0.15) is 32.0 Å². The summed E-state index contributed by atoms with van der Waals surface area (Å²) in [6.45, 7) is 5.95. The molecule has 2 aromatic carbocycles. The number of ether oxygens (including phenoxy) is 1. The first kappa shape index (κ1) is 29.3. The molecule has 0 unspecified atom stereocenters. The zero-order valence-corrected chi connectivity index (χ0v) is 23.2. The molecule has 214 valence electrons. The molecule has 4 rings (SSSR count). The van der Waals surface area contributed by atoms with E-state index in [0.29, 0.717) is 36.8 Å². The fourth-order valence-corrected chi connectivity index (χ4v) is 5.99. The number of rotatable bonds is 6. The molecule has 1 aliphatic heterocycles. The third-order valence-electron chi connectivity index (χ3n) is 6.77. The molecule has 0 aliphatic carbocycles. The van der Waals surface area contributed by atoms with E-state index in [4.69, 9.17) is 9.72 Å². The van der Waals surface area contributed by atoms with Gasteiger partial charge in [0.25, 0.3) is 0 Å². The van der Waals surface area contributed by atoms with E-state index in [0.717, 1.165) is 18.2 Å². The molecule has 1 atom stereocenters. The minimum absolute atomic E-state index is 0.0377. The van der Waals surface area contributed by atoms with Gasteiger partial charge < -0.3 is 20.3 Å². The largest absolute Gasteiger partial charge is 0.417 e. The Bertz CT molecular complexity index is 1490. The van der Waals surface area contributed by atoms with Crippen LogP contribution in [-0.4, -0.2) is 57.3 Å². The number of hydrogen-bond acceptors (Lipinski definition) is 7. The summed E-state index contributed by atoms with van der Waals surface area (Å²) in [6, 6.07) is 11.8. The van der Waals surface area contributed by atoms with E-state index in [1.807, 2.05) is 11.8 Å². The third-order valence-corrected chi connectivity index (χ3v) is 9.26. The Labute approximate surface area is 230 Å². The monoisotopic (exact) mass is 577 g/mol. The number of carbonyl (C=O) groups excluding carboxylic acids is 1. The lowest BCUT2D eigenvalue weighted by atomic mass is 10.1. The van der Waals surface area contributed by atoms with Gasteiger partial charge >= 0.3 is 12.2 Å². The van der Waals surface area contributed by atoms with E-state index in [-0.39, 0.29) is 17.6 Å². The lowest BCUT2D eigenvalue weighted by Gasteiger charge is -2.35. The normalized spacial score (nSPS) is 16.5. The van der Waals surface area contributed by atoms with Crippen molar-refractivity contribution >= 4 is 27.4 Å². The van der Waals surface area contributed by atoms with Crippen LogP contribution in [0.3, 0.4) is 0 Å². The lowest BCUT2D eigenvalue weighted by Crippen LogP contribution is -2.44. The smallest absolute Gasteiger partial charge is 0.377 e. The summed E-state index contributed by atoms with van der Waals surface area (Å²) in [4.78, 5) is 22.0. The van der Waals surface area contributed by atoms with Gasteiger partial charge in [0.05, 0.1) is 35.4 Å². The van der Waals surface area contributed by atoms with E-state index < -0.39 is 37.3 Å². The Kier molecular flexibility index (Phi) is 8.08. The van der Waals surface area contributed by atoms with Crippen molar-refractivity contribution in [3.63, 3.8) is 0 Å². The zero-order chi connectivity index (χ0) is 29.3. The molecule has 1 fully saturated rings. The average Bonchev–Trinajstić information content (AvgIpc) is 2.92. The Morgan fingerprint density at radius 2 is 1.75 bits per heavy atom. The number of aromatic nitrogens is 2. The van der Waals surface area contributed by atoms with Crippen LogP contribution in [-0.2, 0) is 25.5 Å². The summed E-state index contributed by atoms with van der Waals surface area (Å²) in [5, 5.41) is 5.10. The standard InChI is InChI=1S/C27H30F3N5O4S/c1-17-16-39-14-13-35(17)23-15-22(33-24(34-23)18-9-11-19(12-10-18)32-25(36)31-4)26(2,3)40(37,38)21-8-6-5-7-20(21)27(28,29)30/h5-12,15,17H,13-14,16H2,1-4H3,(H2,31,32,36)/t17-/m0/s1. The van der Waals surface area contributed by atoms with Crippen molar-refractivity contribution in [1.82, 2.24) is 15.3 Å². The highest BCUT2D eigenvalue weighted by Crippen LogP contribution is 2.41. The molecule has 2 amide bonds. The fraction of sp³-hybridized carbons (Fsp3) is 0.370. The molecule has 1 aromatic heterocycles. The first-order valence-electron chi connectivity index (χ1n) is 12.5. The minimum Gasteiger partial charge on any atom is -0.377 e. The van der Waals surface area contributed by atoms with E-state index in [1.165, 1.54) is 33.0 Å². The molecule has 2 heterocycles. The molecule has 9 nitrogen and oxygen atoms in total. The number of hydrogen-bond donors (Lipinski definition) is 2. The molecule has 3 aromatic rings. The molecule has 0 spiro atoms. The van der Waals surface area contributed by atoms with E-state index in [1.54, 1.807) is 24.3 Å². The second-order valence-corrected chi connectivity index (χ2v) is 12.3. The Hall–Kier alpha value is -3.71. The van der Waals surface area contributed by atoms with Gasteiger partial charge in [0.2, 0.25) is 0 Å². The zero-order valence-electron chi connectivity index (χ0n) is 22.4. The van der Waals surface area contributed by atoms with Crippen molar-refractivity contribution in [3.05, 3.63) is 65.9 Å². The molecule has 0 saturated carbocycles. The van der Waals surface area contributed by atoms with Crippen LogP contribution in [0.5, 0.6) is 0 Å². The van der Waals surface area contributed by atoms with E-state index in [2.05, 4.69) is 15.6 Å². The van der Waals surface area contributed by atoms with Crippen LogP contribution >= 0.6 is 0 Å². The molecular weight excluding hydrogens is 547 g/mol. The van der Waals surface area contributed by atoms with Crippen molar-refractivity contribution < 1.29 is 31.1 Å². The molecule has 1 saturated heterocycles. The minimum atomic E-state index is -4.87. The Morgan fingerprint density at radius 3 is 2.38 bits per heavy atom. The topological polar surface area (TPSA) is 114 Å². The van der Waals surface area contributed by atoms with Crippen molar-refractivity contribution in [2.75, 3.05) is 37.0 Å². The first-order chi connectivity index (χ1) is 18.8. The SMILES string of the molecule is CNC(=O)Nc1ccc(-c2nc(N3CCOC[C@@H]3C)cc(C(C)(C)S(=O)(=O)c3ccccc3C(F)(F)F)n2)cc1. The number of sulfone groups is 1. The average molecular weight is 578 g/mol. The lowest BCUT2D eigenvalue weighted by molar-refractivity contribution is -0.139. The molecule has 0 radical (unpaired) electrons. The summed E-state index contributed by atoms with van der Waals surface area (Å²) >= 11 is 0. The van der Waals surface area contributed by atoms with E-state index >= 15 is 0 Å². The maximum Gasteiger partial charge on any atom is 0.417 e. The van der Waals surface area contributed by atoms with Crippen LogP contribution in [0, 0.1) is 0 Å². The number of nitrogens with one attached hydrogen (secondary N) is 2. The van der Waals surface area contributed by atoms with Gasteiger partial charge in [-0.25, -0.2) is 23.2 Å². The number of nitrogens with zero attached hydrogens (tertiary/aromatic N) is 3. The molecule has 1 aliphatic rings. The van der Waals surface area contributed by atoms with Crippen LogP contribution < -0.4 is 15.5 Å². The number of amides is 2. The summed E-state index contributed by atoms with van der Waals surface area (Å²) in [6.07, 6.45) is -4.87. The van der Waals surface area contributed by atoms with Gasteiger partial charge in [0, 0.05) is 30.9 Å². The number of morpholine rings is 1. The van der Waals surface area contributed by atoms with Crippen LogP contribution in [0.25, 0.3) is 11.4 Å². The fourth-order valence-electron chi connectivity index (χ4n) is 4.33. The second-order valence-electron chi connectivity index (χ2n) is 9.84. The number of benzene rings is 2. The predicted molar refractivity (Wildman–Crippen MR) is 145 cm³/mol. The van der Waals surface area contributed by atoms with Crippen molar-refractivity contribution in [2.24, 2.45) is 0 Å². The second kappa shape index (κ2) is 11.0. The van der Waals surface area contributed by atoms with E-state index in [9.17, 15) is 26.4 Å². The summed E-state index contributed by atoms with van der Waals surface area (Å²) in [5.74, 6) is 0.612. The molecule has 40 heavy (non-hydrogen) atoms. The van der Waals surface area contributed by atoms with Gasteiger partial charge in [-0.05, 0) is 57.2 Å². The van der Waals surface area contributed by atoms with Gasteiger partial charge in [-0.15, -0.1) is 0 Å². The van der Waals surface area contributed by atoms with Crippen LogP contribution in [0.4, 0.5) is 29.5 Å². The highest BCUT2D eigenvalue weighted by atomic mass is 32.2. The third kappa shape index (κ3) is 5.75. The highest BCUT2D eigenvalue weighted by Gasteiger charge is 2.45. The maximum absolute atomic E-state index is 13.9. The number of urea groups is 1. The van der Waals surface area contributed by atoms with Crippen molar-refractivity contribution in [1.29, 1.82) is 0 Å². The maximum atomic E-state index is 13.9. The summed E-state index contributed by atoms with van der Waals surface area (Å²) in [7, 11) is -3.11. The van der Waals surface area contributed by atoms with Crippen LogP contribution in [0.2, 0.25) is 0 Å². The van der Waals surface area contributed by atoms with Gasteiger partial charge in [-0.2, -0.15) is 13.2 Å². The number of anilines is 2. The van der Waals surface area contributed by atoms with Gasteiger partial charge in [0.1, 0.15) is 10.6 Å². The molecular formula is C27H30F3N5O4S. The summed E-state index contributed by atoms with van der Waals surface area (Å²) in [5.41, 5.74) is -0.169. The Balaban J connectivity index is 1.86. The Morgan fingerprint density at radius 1 is 1.07 bits per heavy atom. The van der Waals surface area contributed by atoms with Crippen molar-refractivity contribution in [2.45, 2.75) is 42.6 Å². The van der Waals surface area contributed by atoms with Crippen LogP contribution in [0.15, 0.2) is 59.5 Å². The predicted octanol–water partition coefficient (Wildman–Crippen LogP) is 4.85. The highest BCUT2D eigenvalue weighted by molar-refractivity contribution is 7.92.